The highest BCUT2D eigenvalue weighted by Crippen LogP contribution is 2.44. The predicted molar refractivity (Wildman–Crippen MR) is 81.6 cm³/mol. The lowest BCUT2D eigenvalue weighted by atomic mass is 9.79. The molecule has 0 saturated carbocycles. The summed E-state index contributed by atoms with van der Waals surface area (Å²) in [4.78, 5) is 13.5. The molecule has 0 amide bonds. The zero-order valence-corrected chi connectivity index (χ0v) is 12.9. The van der Waals surface area contributed by atoms with Crippen LogP contribution in [0.3, 0.4) is 0 Å². The van der Waals surface area contributed by atoms with Gasteiger partial charge in [0.1, 0.15) is 0 Å². The van der Waals surface area contributed by atoms with Crippen LogP contribution in [0.1, 0.15) is 62.4 Å². The highest BCUT2D eigenvalue weighted by molar-refractivity contribution is 6.33. The Morgan fingerprint density at radius 2 is 2.16 bits per heavy atom. The van der Waals surface area contributed by atoms with Crippen molar-refractivity contribution in [1.82, 2.24) is 0 Å². The average molecular weight is 280 g/mol. The number of hydrogen-bond acceptors (Lipinski definition) is 2. The van der Waals surface area contributed by atoms with Gasteiger partial charge in [-0.3, -0.25) is 4.79 Å². The first kappa shape index (κ1) is 14.4. The summed E-state index contributed by atoms with van der Waals surface area (Å²) in [5, 5.41) is 0.555. The van der Waals surface area contributed by atoms with Crippen LogP contribution in [-0.2, 0) is 0 Å². The maximum absolute atomic E-state index is 11.1. The Labute approximate surface area is 120 Å². The quantitative estimate of drug-likeness (QED) is 0.751. The molecule has 0 N–H and O–H groups in total. The van der Waals surface area contributed by atoms with Gasteiger partial charge in [-0.05, 0) is 50.3 Å². The number of fused-ring (bicyclic) bond motifs is 1. The second-order valence-electron chi connectivity index (χ2n) is 6.12. The summed E-state index contributed by atoms with van der Waals surface area (Å²) >= 11 is 6.21. The maximum Gasteiger partial charge on any atom is 0.151 e. The van der Waals surface area contributed by atoms with Gasteiger partial charge in [-0.25, -0.2) is 0 Å². The summed E-state index contributed by atoms with van der Waals surface area (Å²) in [6.45, 7) is 10.00. The Morgan fingerprint density at radius 3 is 2.74 bits per heavy atom. The maximum atomic E-state index is 11.1. The summed E-state index contributed by atoms with van der Waals surface area (Å²) in [5.74, 6) is 0.453. The molecule has 19 heavy (non-hydrogen) atoms. The predicted octanol–water partition coefficient (Wildman–Crippen LogP) is 4.65. The Bertz CT molecular complexity index is 496. The highest BCUT2D eigenvalue weighted by Gasteiger charge is 2.36. The number of halogens is 1. The first-order valence-electron chi connectivity index (χ1n) is 6.97. The Balaban J connectivity index is 2.58. The van der Waals surface area contributed by atoms with Crippen LogP contribution in [0.4, 0.5) is 5.69 Å². The molecule has 0 spiro atoms. The second-order valence-corrected chi connectivity index (χ2v) is 6.53. The molecule has 1 heterocycles. The summed E-state index contributed by atoms with van der Waals surface area (Å²) in [6.07, 6.45) is 3.05. The lowest BCUT2D eigenvalue weighted by Crippen LogP contribution is -2.48. The molecular weight excluding hydrogens is 258 g/mol. The van der Waals surface area contributed by atoms with Crippen LogP contribution >= 0.6 is 11.6 Å². The number of anilines is 1. The van der Waals surface area contributed by atoms with Crippen molar-refractivity contribution in [3.05, 3.63) is 28.3 Å². The van der Waals surface area contributed by atoms with Gasteiger partial charge < -0.3 is 4.90 Å². The summed E-state index contributed by atoms with van der Waals surface area (Å²) in [6, 6.07) is 3.93. The van der Waals surface area contributed by atoms with E-state index in [9.17, 15) is 4.79 Å². The van der Waals surface area contributed by atoms with E-state index in [4.69, 9.17) is 11.6 Å². The van der Waals surface area contributed by atoms with Crippen LogP contribution in [0.15, 0.2) is 12.1 Å². The number of hydrogen-bond donors (Lipinski definition) is 0. The Hall–Kier alpha value is -1.02. The van der Waals surface area contributed by atoms with Gasteiger partial charge in [0.15, 0.2) is 6.29 Å². The monoisotopic (exact) mass is 279 g/mol. The molecule has 0 radical (unpaired) electrons. The molecule has 0 fully saturated rings. The minimum Gasteiger partial charge on any atom is -0.366 e. The van der Waals surface area contributed by atoms with Crippen molar-refractivity contribution < 1.29 is 4.79 Å². The summed E-state index contributed by atoms with van der Waals surface area (Å²) in [7, 11) is 0. The van der Waals surface area contributed by atoms with Gasteiger partial charge in [0.2, 0.25) is 0 Å². The third-order valence-electron chi connectivity index (χ3n) is 4.08. The van der Waals surface area contributed by atoms with Gasteiger partial charge >= 0.3 is 0 Å². The molecule has 0 saturated heterocycles. The lowest BCUT2D eigenvalue weighted by molar-refractivity contribution is 0.112. The van der Waals surface area contributed by atoms with Crippen molar-refractivity contribution in [2.24, 2.45) is 0 Å². The van der Waals surface area contributed by atoms with Crippen molar-refractivity contribution in [2.75, 3.05) is 11.4 Å². The summed E-state index contributed by atoms with van der Waals surface area (Å²) in [5.41, 5.74) is 3.18. The lowest BCUT2D eigenvalue weighted by Gasteiger charge is -2.47. The summed E-state index contributed by atoms with van der Waals surface area (Å²) < 4.78 is 0. The van der Waals surface area contributed by atoms with Crippen LogP contribution in [0.2, 0.25) is 5.02 Å². The number of carbonyl (C=O) groups is 1. The van der Waals surface area contributed by atoms with Gasteiger partial charge in [-0.1, -0.05) is 25.4 Å². The molecule has 2 rings (SSSR count). The SMILES string of the molecule is CCCN1c2cc(Cl)c(C=O)cc2[C@H](C)CC1(C)C. The highest BCUT2D eigenvalue weighted by atomic mass is 35.5. The van der Waals surface area contributed by atoms with Crippen molar-refractivity contribution in [3.63, 3.8) is 0 Å². The third kappa shape index (κ3) is 2.51. The van der Waals surface area contributed by atoms with Crippen LogP contribution in [0, 0.1) is 0 Å². The first-order valence-corrected chi connectivity index (χ1v) is 7.34. The molecule has 104 valence electrons. The standard InChI is InChI=1S/C16H22ClNO/c1-5-6-18-15-8-14(17)12(10-19)7-13(15)11(2)9-16(18,3)4/h7-8,10-11H,5-6,9H2,1-4H3/t11-/m1/s1. The van der Waals surface area contributed by atoms with E-state index in [2.05, 4.69) is 32.6 Å². The average Bonchev–Trinajstić information content (AvgIpc) is 2.33. The van der Waals surface area contributed by atoms with Gasteiger partial charge in [0.05, 0.1) is 5.02 Å². The molecule has 0 unspecified atom stereocenters. The smallest absolute Gasteiger partial charge is 0.151 e. The van der Waals surface area contributed by atoms with Crippen LogP contribution < -0.4 is 4.90 Å². The molecule has 1 aliphatic heterocycles. The van der Waals surface area contributed by atoms with E-state index in [1.165, 1.54) is 11.3 Å². The largest absolute Gasteiger partial charge is 0.366 e. The Morgan fingerprint density at radius 1 is 1.47 bits per heavy atom. The van der Waals surface area contributed by atoms with Crippen molar-refractivity contribution in [1.29, 1.82) is 0 Å². The van der Waals surface area contributed by atoms with E-state index < -0.39 is 0 Å². The minimum absolute atomic E-state index is 0.133. The number of nitrogens with zero attached hydrogens (tertiary/aromatic N) is 1. The van der Waals surface area contributed by atoms with Crippen molar-refractivity contribution in [2.45, 2.75) is 52.0 Å². The van der Waals surface area contributed by atoms with Crippen molar-refractivity contribution >= 4 is 23.6 Å². The van der Waals surface area contributed by atoms with E-state index in [0.29, 0.717) is 16.5 Å². The third-order valence-corrected chi connectivity index (χ3v) is 4.41. The van der Waals surface area contributed by atoms with E-state index in [-0.39, 0.29) is 5.54 Å². The second kappa shape index (κ2) is 5.16. The zero-order valence-electron chi connectivity index (χ0n) is 12.2. The van der Waals surface area contributed by atoms with Gasteiger partial charge in [-0.15, -0.1) is 0 Å². The Kier molecular flexibility index (Phi) is 3.91. The minimum atomic E-state index is 0.133. The normalized spacial score (nSPS) is 21.1. The molecule has 2 nitrogen and oxygen atoms in total. The molecule has 1 aromatic rings. The van der Waals surface area contributed by atoms with Crippen molar-refractivity contribution in [3.8, 4) is 0 Å². The van der Waals surface area contributed by atoms with Gasteiger partial charge in [0, 0.05) is 23.3 Å². The van der Waals surface area contributed by atoms with Crippen LogP contribution in [-0.4, -0.2) is 18.4 Å². The van der Waals surface area contributed by atoms with Crippen LogP contribution in [0.5, 0.6) is 0 Å². The fourth-order valence-corrected chi connectivity index (χ4v) is 3.46. The zero-order chi connectivity index (χ0) is 14.2. The molecule has 0 aromatic heterocycles. The molecule has 1 aromatic carbocycles. The number of benzene rings is 1. The van der Waals surface area contributed by atoms with Crippen LogP contribution in [0.25, 0.3) is 0 Å². The molecule has 0 aliphatic carbocycles. The van der Waals surface area contributed by atoms with Gasteiger partial charge in [0.25, 0.3) is 0 Å². The van der Waals surface area contributed by atoms with E-state index in [1.54, 1.807) is 0 Å². The first-order chi connectivity index (χ1) is 8.90. The molecule has 1 aliphatic rings. The molecule has 1 atom stereocenters. The van der Waals surface area contributed by atoms with E-state index in [0.717, 1.165) is 25.7 Å². The van der Waals surface area contributed by atoms with E-state index in [1.807, 2.05) is 12.1 Å². The fraction of sp³-hybridized carbons (Fsp3) is 0.562. The number of aldehydes is 1. The molecule has 0 bridgehead atoms. The van der Waals surface area contributed by atoms with Gasteiger partial charge in [-0.2, -0.15) is 0 Å². The molecular formula is C16H22ClNO. The fourth-order valence-electron chi connectivity index (χ4n) is 3.26. The number of rotatable bonds is 3. The molecule has 3 heteroatoms. The number of carbonyl (C=O) groups excluding carboxylic acids is 1. The van der Waals surface area contributed by atoms with E-state index >= 15 is 0 Å². The topological polar surface area (TPSA) is 20.3 Å².